The Balaban J connectivity index is 1.94. The molecule has 1 aliphatic heterocycles. The molecule has 0 amide bonds. The normalized spacial score (nSPS) is 14.2. The number of benzene rings is 3. The van der Waals surface area contributed by atoms with Crippen LogP contribution in [0.15, 0.2) is 42.6 Å². The first-order chi connectivity index (χ1) is 17.1. The van der Waals surface area contributed by atoms with Gasteiger partial charge in [-0.2, -0.15) is 0 Å². The summed E-state index contributed by atoms with van der Waals surface area (Å²) < 4.78 is 27.6. The molecule has 2 heterocycles. The van der Waals surface area contributed by atoms with E-state index < -0.39 is 17.7 Å². The molecule has 0 aliphatic carbocycles. The van der Waals surface area contributed by atoms with Crippen molar-refractivity contribution in [3.8, 4) is 16.9 Å². The number of ether oxygens (including phenoxy) is 2. The summed E-state index contributed by atoms with van der Waals surface area (Å²) >= 11 is 0. The lowest BCUT2D eigenvalue weighted by Gasteiger charge is -2.29. The van der Waals surface area contributed by atoms with Gasteiger partial charge in [0.2, 0.25) is 0 Å². The maximum atomic E-state index is 15.6. The fourth-order valence-electron chi connectivity index (χ4n) is 5.22. The van der Waals surface area contributed by atoms with Gasteiger partial charge in [0.15, 0.2) is 6.10 Å². The summed E-state index contributed by atoms with van der Waals surface area (Å²) in [6, 6.07) is 11.2. The lowest BCUT2D eigenvalue weighted by molar-refractivity contribution is -0.160. The van der Waals surface area contributed by atoms with Crippen molar-refractivity contribution in [2.45, 2.75) is 59.2 Å². The highest BCUT2D eigenvalue weighted by atomic mass is 19.1. The number of pyridine rings is 1. The van der Waals surface area contributed by atoms with Gasteiger partial charge in [0.1, 0.15) is 11.6 Å². The Kier molecular flexibility index (Phi) is 5.95. The molecule has 4 aromatic rings. The molecule has 0 saturated carbocycles. The van der Waals surface area contributed by atoms with Gasteiger partial charge in [0, 0.05) is 34.5 Å². The van der Waals surface area contributed by atoms with Gasteiger partial charge in [0.25, 0.3) is 0 Å². The fraction of sp³-hybridized carbons (Fsp3) is 0.333. The summed E-state index contributed by atoms with van der Waals surface area (Å²) in [4.78, 5) is 17.3. The van der Waals surface area contributed by atoms with E-state index in [1.807, 2.05) is 58.9 Å². The summed E-state index contributed by atoms with van der Waals surface area (Å²) in [5.41, 5.74) is 4.25. The molecule has 0 bridgehead atoms. The van der Waals surface area contributed by atoms with E-state index in [1.54, 1.807) is 18.3 Å². The standard InChI is InChI=1S/C30H30FNO4/c1-6-17-7-8-19-21(26(17)31)15-16(2)23(28(29(33)34)36-30(3,4)5)25(19)20-9-10-22-24-18(12-14-35-22)11-13-32-27(20)24/h7-11,13,15,28H,6,12,14H2,1-5H3,(H,33,34). The number of carbonyl (C=O) groups is 1. The van der Waals surface area contributed by atoms with Crippen LogP contribution in [0.2, 0.25) is 0 Å². The van der Waals surface area contributed by atoms with Crippen LogP contribution in [0.3, 0.4) is 0 Å². The number of hydrogen-bond donors (Lipinski definition) is 1. The van der Waals surface area contributed by atoms with E-state index in [2.05, 4.69) is 0 Å². The van der Waals surface area contributed by atoms with E-state index in [0.29, 0.717) is 51.6 Å². The Morgan fingerprint density at radius 1 is 1.19 bits per heavy atom. The minimum atomic E-state index is -1.25. The van der Waals surface area contributed by atoms with E-state index in [9.17, 15) is 9.90 Å². The Bertz CT molecular complexity index is 1510. The van der Waals surface area contributed by atoms with Crippen molar-refractivity contribution in [2.24, 2.45) is 0 Å². The minimum absolute atomic E-state index is 0.284. The number of nitrogens with zero attached hydrogens (tertiary/aromatic N) is 1. The third-order valence-corrected chi connectivity index (χ3v) is 6.76. The van der Waals surface area contributed by atoms with E-state index in [1.165, 1.54) is 0 Å². The summed E-state index contributed by atoms with van der Waals surface area (Å²) in [5.74, 6) is -0.631. The Hall–Kier alpha value is -3.51. The first kappa shape index (κ1) is 24.2. The number of aryl methyl sites for hydroxylation is 2. The Labute approximate surface area is 209 Å². The number of aromatic nitrogens is 1. The largest absolute Gasteiger partial charge is 0.493 e. The third-order valence-electron chi connectivity index (χ3n) is 6.76. The van der Waals surface area contributed by atoms with Crippen molar-refractivity contribution in [3.05, 3.63) is 70.7 Å². The number of carboxylic acid groups (broad SMARTS) is 1. The van der Waals surface area contributed by atoms with Crippen LogP contribution in [0.1, 0.15) is 56.1 Å². The average molecular weight is 488 g/mol. The summed E-state index contributed by atoms with van der Waals surface area (Å²) in [6.45, 7) is 9.81. The van der Waals surface area contributed by atoms with Crippen molar-refractivity contribution in [3.63, 3.8) is 0 Å². The van der Waals surface area contributed by atoms with Crippen LogP contribution < -0.4 is 4.74 Å². The Morgan fingerprint density at radius 2 is 1.97 bits per heavy atom. The maximum Gasteiger partial charge on any atom is 0.337 e. The first-order valence-corrected chi connectivity index (χ1v) is 12.3. The zero-order valence-electron chi connectivity index (χ0n) is 21.2. The van der Waals surface area contributed by atoms with E-state index >= 15 is 4.39 Å². The molecule has 1 aliphatic rings. The van der Waals surface area contributed by atoms with Crippen molar-refractivity contribution >= 4 is 27.6 Å². The summed E-state index contributed by atoms with van der Waals surface area (Å²) in [7, 11) is 0. The molecule has 1 aromatic heterocycles. The highest BCUT2D eigenvalue weighted by molar-refractivity contribution is 6.09. The van der Waals surface area contributed by atoms with E-state index in [-0.39, 0.29) is 5.82 Å². The zero-order valence-corrected chi connectivity index (χ0v) is 21.2. The van der Waals surface area contributed by atoms with Crippen molar-refractivity contribution in [1.29, 1.82) is 0 Å². The monoisotopic (exact) mass is 487 g/mol. The van der Waals surface area contributed by atoms with Crippen LogP contribution in [0.4, 0.5) is 4.39 Å². The predicted molar refractivity (Wildman–Crippen MR) is 139 cm³/mol. The van der Waals surface area contributed by atoms with Crippen molar-refractivity contribution in [1.82, 2.24) is 4.98 Å². The summed E-state index contributed by atoms with van der Waals surface area (Å²) in [6.07, 6.45) is 1.84. The second-order valence-electron chi connectivity index (χ2n) is 10.3. The molecule has 1 atom stereocenters. The fourth-order valence-corrected chi connectivity index (χ4v) is 5.22. The third kappa shape index (κ3) is 3.99. The minimum Gasteiger partial charge on any atom is -0.493 e. The molecule has 1 N–H and O–H groups in total. The number of rotatable bonds is 5. The topological polar surface area (TPSA) is 68.7 Å². The maximum absolute atomic E-state index is 15.6. The number of aliphatic carboxylic acids is 1. The lowest BCUT2D eigenvalue weighted by atomic mass is 9.85. The highest BCUT2D eigenvalue weighted by Gasteiger charge is 2.33. The van der Waals surface area contributed by atoms with Crippen LogP contribution in [0.25, 0.3) is 32.8 Å². The smallest absolute Gasteiger partial charge is 0.337 e. The van der Waals surface area contributed by atoms with Gasteiger partial charge in [-0.05, 0) is 86.0 Å². The van der Waals surface area contributed by atoms with Gasteiger partial charge in [0.05, 0.1) is 17.7 Å². The van der Waals surface area contributed by atoms with Gasteiger partial charge >= 0.3 is 5.97 Å². The van der Waals surface area contributed by atoms with Crippen LogP contribution in [0.5, 0.6) is 5.75 Å². The SMILES string of the molecule is CCc1ccc2c(-c3ccc4c5c(ccnc35)CCO4)c(C(OC(C)(C)C)C(=O)O)c(C)cc2c1F. The van der Waals surface area contributed by atoms with Gasteiger partial charge in [-0.3, -0.25) is 4.98 Å². The first-order valence-electron chi connectivity index (χ1n) is 12.3. The molecule has 0 fully saturated rings. The molecule has 36 heavy (non-hydrogen) atoms. The molecule has 1 unspecified atom stereocenters. The summed E-state index contributed by atoms with van der Waals surface area (Å²) in [5, 5.41) is 12.3. The van der Waals surface area contributed by atoms with Crippen molar-refractivity contribution < 1.29 is 23.8 Å². The zero-order chi connectivity index (χ0) is 25.8. The number of fused-ring (bicyclic) bond motifs is 1. The number of hydrogen-bond acceptors (Lipinski definition) is 4. The molecule has 0 radical (unpaired) electrons. The Morgan fingerprint density at radius 3 is 2.67 bits per heavy atom. The van der Waals surface area contributed by atoms with Gasteiger partial charge in [-0.25, -0.2) is 9.18 Å². The number of halogens is 1. The molecular formula is C30H30FNO4. The number of carboxylic acids is 1. The second-order valence-corrected chi connectivity index (χ2v) is 10.3. The quantitative estimate of drug-likeness (QED) is 0.330. The van der Waals surface area contributed by atoms with Crippen LogP contribution >= 0.6 is 0 Å². The molecule has 0 saturated heterocycles. The average Bonchev–Trinajstić information content (AvgIpc) is 2.83. The lowest BCUT2D eigenvalue weighted by Crippen LogP contribution is -2.28. The molecular weight excluding hydrogens is 457 g/mol. The molecule has 0 spiro atoms. The van der Waals surface area contributed by atoms with Gasteiger partial charge < -0.3 is 14.6 Å². The predicted octanol–water partition coefficient (Wildman–Crippen LogP) is 6.94. The van der Waals surface area contributed by atoms with E-state index in [4.69, 9.17) is 14.5 Å². The van der Waals surface area contributed by atoms with Gasteiger partial charge in [-0.1, -0.05) is 19.1 Å². The van der Waals surface area contributed by atoms with Crippen LogP contribution in [0, 0.1) is 12.7 Å². The molecule has 5 nitrogen and oxygen atoms in total. The van der Waals surface area contributed by atoms with Gasteiger partial charge in [-0.15, -0.1) is 0 Å². The van der Waals surface area contributed by atoms with Crippen LogP contribution in [-0.2, 0) is 22.4 Å². The molecule has 3 aromatic carbocycles. The highest BCUT2D eigenvalue weighted by Crippen LogP contribution is 2.45. The van der Waals surface area contributed by atoms with Crippen molar-refractivity contribution in [2.75, 3.05) is 6.61 Å². The molecule has 5 rings (SSSR count). The van der Waals surface area contributed by atoms with Crippen LogP contribution in [-0.4, -0.2) is 28.3 Å². The molecule has 186 valence electrons. The second kappa shape index (κ2) is 8.86. The van der Waals surface area contributed by atoms with E-state index in [0.717, 1.165) is 28.7 Å². The molecule has 6 heteroatoms.